The van der Waals surface area contributed by atoms with Crippen molar-refractivity contribution < 1.29 is 12.9 Å². The van der Waals surface area contributed by atoms with Gasteiger partial charge in [-0.05, 0) is 32.4 Å². The smallest absolute Gasteiger partial charge is 0.276 e. The topological polar surface area (TPSA) is 122 Å². The second kappa shape index (κ2) is 10.0. The number of nitrogens with zero attached hydrogens (tertiary/aromatic N) is 4. The molecule has 2 heterocycles. The Morgan fingerprint density at radius 3 is 2.85 bits per heavy atom. The normalized spacial score (nSPS) is 13.4. The minimum atomic E-state index is -2.97. The number of pyridine rings is 1. The van der Waals surface area contributed by atoms with E-state index in [1.165, 1.54) is 6.26 Å². The lowest BCUT2D eigenvalue weighted by atomic mass is 10.3. The number of guanidine groups is 1. The van der Waals surface area contributed by atoms with Crippen LogP contribution >= 0.6 is 0 Å². The fraction of sp³-hybridized carbons (Fsp3) is 0.529. The predicted molar refractivity (Wildman–Crippen MR) is 104 cm³/mol. The molecule has 1 unspecified atom stereocenters. The van der Waals surface area contributed by atoms with Gasteiger partial charge in [-0.25, -0.2) is 8.42 Å². The number of nitrogens with one attached hydrogen (secondary N) is 2. The number of aromatic nitrogens is 3. The molecule has 148 valence electrons. The summed E-state index contributed by atoms with van der Waals surface area (Å²) < 4.78 is 27.8. The first-order valence-electron chi connectivity index (χ1n) is 8.84. The highest BCUT2D eigenvalue weighted by molar-refractivity contribution is 7.90. The van der Waals surface area contributed by atoms with Gasteiger partial charge in [0.25, 0.3) is 5.89 Å². The monoisotopic (exact) mass is 394 g/mol. The summed E-state index contributed by atoms with van der Waals surface area (Å²) in [7, 11) is -2.97. The first-order chi connectivity index (χ1) is 12.9. The number of rotatable bonds is 9. The van der Waals surface area contributed by atoms with E-state index in [0.29, 0.717) is 49.3 Å². The van der Waals surface area contributed by atoms with E-state index >= 15 is 0 Å². The van der Waals surface area contributed by atoms with E-state index in [-0.39, 0.29) is 11.8 Å². The molecule has 0 aliphatic carbocycles. The van der Waals surface area contributed by atoms with Crippen LogP contribution in [0.3, 0.4) is 0 Å². The SMILES string of the molecule is CCNC(=NCCc1noc(-c2ccccn2)n1)NC(C)CCS(C)(=O)=O. The van der Waals surface area contributed by atoms with Crippen molar-refractivity contribution in [3.8, 4) is 11.6 Å². The van der Waals surface area contributed by atoms with Crippen LogP contribution < -0.4 is 10.6 Å². The highest BCUT2D eigenvalue weighted by Crippen LogP contribution is 2.13. The third-order valence-electron chi connectivity index (χ3n) is 3.61. The predicted octanol–water partition coefficient (Wildman–Crippen LogP) is 1.05. The lowest BCUT2D eigenvalue weighted by Gasteiger charge is -2.17. The number of aliphatic imine (C=N–C) groups is 1. The second-order valence-corrected chi connectivity index (χ2v) is 8.47. The summed E-state index contributed by atoms with van der Waals surface area (Å²) in [5.74, 6) is 1.71. The molecule has 0 aliphatic rings. The number of hydrogen-bond donors (Lipinski definition) is 2. The molecule has 0 bridgehead atoms. The molecule has 1 atom stereocenters. The molecular weight excluding hydrogens is 368 g/mol. The highest BCUT2D eigenvalue weighted by atomic mass is 32.2. The molecule has 0 saturated heterocycles. The molecule has 0 spiro atoms. The summed E-state index contributed by atoms with van der Waals surface area (Å²) in [6.45, 7) is 5.07. The van der Waals surface area contributed by atoms with E-state index in [1.54, 1.807) is 12.3 Å². The largest absolute Gasteiger partial charge is 0.357 e. The van der Waals surface area contributed by atoms with Gasteiger partial charge >= 0.3 is 0 Å². The van der Waals surface area contributed by atoms with Crippen LogP contribution in [-0.2, 0) is 16.3 Å². The first kappa shape index (κ1) is 20.8. The maximum atomic E-state index is 11.3. The van der Waals surface area contributed by atoms with Gasteiger partial charge in [0.15, 0.2) is 11.8 Å². The summed E-state index contributed by atoms with van der Waals surface area (Å²) in [5.41, 5.74) is 0.634. The maximum Gasteiger partial charge on any atom is 0.276 e. The van der Waals surface area contributed by atoms with E-state index in [9.17, 15) is 8.42 Å². The van der Waals surface area contributed by atoms with E-state index in [1.807, 2.05) is 26.0 Å². The van der Waals surface area contributed by atoms with Crippen LogP contribution in [0.2, 0.25) is 0 Å². The van der Waals surface area contributed by atoms with E-state index in [2.05, 4.69) is 30.8 Å². The standard InChI is InChI=1S/C17H26N6O3S/c1-4-18-17(21-13(2)9-12-27(3,24)25)20-11-8-15-22-16(26-23-15)14-7-5-6-10-19-14/h5-7,10,13H,4,8-9,11-12H2,1-3H3,(H2,18,20,21). The van der Waals surface area contributed by atoms with E-state index in [0.717, 1.165) is 0 Å². The van der Waals surface area contributed by atoms with Gasteiger partial charge in [-0.3, -0.25) is 9.98 Å². The maximum absolute atomic E-state index is 11.3. The minimum absolute atomic E-state index is 0.0153. The molecule has 2 N–H and O–H groups in total. The van der Waals surface area contributed by atoms with Gasteiger partial charge < -0.3 is 15.2 Å². The Morgan fingerprint density at radius 1 is 1.37 bits per heavy atom. The molecule has 2 rings (SSSR count). The van der Waals surface area contributed by atoms with Crippen LogP contribution in [0.25, 0.3) is 11.6 Å². The molecule has 0 radical (unpaired) electrons. The fourth-order valence-electron chi connectivity index (χ4n) is 2.23. The van der Waals surface area contributed by atoms with Gasteiger partial charge in [-0.2, -0.15) is 4.98 Å². The Kier molecular flexibility index (Phi) is 7.71. The van der Waals surface area contributed by atoms with Crippen molar-refractivity contribution in [2.24, 2.45) is 4.99 Å². The summed E-state index contributed by atoms with van der Waals surface area (Å²) >= 11 is 0. The minimum Gasteiger partial charge on any atom is -0.357 e. The van der Waals surface area contributed by atoms with Crippen LogP contribution in [0.1, 0.15) is 26.1 Å². The Labute approximate surface area is 159 Å². The molecule has 10 heteroatoms. The molecule has 2 aromatic heterocycles. The summed E-state index contributed by atoms with van der Waals surface area (Å²) in [6.07, 6.45) is 3.94. The third kappa shape index (κ3) is 7.73. The summed E-state index contributed by atoms with van der Waals surface area (Å²) in [5, 5.41) is 10.3. The van der Waals surface area contributed by atoms with Crippen LogP contribution in [0.15, 0.2) is 33.9 Å². The molecule has 0 amide bonds. The summed E-state index contributed by atoms with van der Waals surface area (Å²) in [4.78, 5) is 13.0. The Balaban J connectivity index is 1.88. The molecule has 0 saturated carbocycles. The second-order valence-electron chi connectivity index (χ2n) is 6.21. The Hall–Kier alpha value is -2.49. The first-order valence-corrected chi connectivity index (χ1v) is 10.9. The Bertz CT molecular complexity index is 835. The van der Waals surface area contributed by atoms with Gasteiger partial charge in [-0.1, -0.05) is 11.2 Å². The quantitative estimate of drug-likeness (QED) is 0.478. The molecular formula is C17H26N6O3S. The zero-order valence-electron chi connectivity index (χ0n) is 15.8. The molecule has 0 aromatic carbocycles. The Morgan fingerprint density at radius 2 is 2.19 bits per heavy atom. The molecule has 2 aromatic rings. The van der Waals surface area contributed by atoms with Gasteiger partial charge in [0.2, 0.25) is 0 Å². The lowest BCUT2D eigenvalue weighted by molar-refractivity contribution is 0.421. The van der Waals surface area contributed by atoms with E-state index < -0.39 is 9.84 Å². The van der Waals surface area contributed by atoms with Crippen molar-refractivity contribution in [3.05, 3.63) is 30.2 Å². The van der Waals surface area contributed by atoms with Crippen LogP contribution in [0, 0.1) is 0 Å². The molecule has 9 nitrogen and oxygen atoms in total. The average Bonchev–Trinajstić information content (AvgIpc) is 3.09. The van der Waals surface area contributed by atoms with Gasteiger partial charge in [0, 0.05) is 38.0 Å². The van der Waals surface area contributed by atoms with Crippen molar-refractivity contribution in [2.45, 2.75) is 32.7 Å². The van der Waals surface area contributed by atoms with E-state index in [4.69, 9.17) is 4.52 Å². The summed E-state index contributed by atoms with van der Waals surface area (Å²) in [6, 6.07) is 5.47. The van der Waals surface area contributed by atoms with Crippen molar-refractivity contribution in [2.75, 3.05) is 25.1 Å². The average molecular weight is 395 g/mol. The van der Waals surface area contributed by atoms with Crippen LogP contribution in [0.4, 0.5) is 0 Å². The zero-order chi connectivity index (χ0) is 19.7. The third-order valence-corrected chi connectivity index (χ3v) is 4.58. The fourth-order valence-corrected chi connectivity index (χ4v) is 3.01. The van der Waals surface area contributed by atoms with Crippen molar-refractivity contribution in [3.63, 3.8) is 0 Å². The van der Waals surface area contributed by atoms with Crippen molar-refractivity contribution in [1.82, 2.24) is 25.8 Å². The van der Waals surface area contributed by atoms with Gasteiger partial charge in [-0.15, -0.1) is 0 Å². The highest BCUT2D eigenvalue weighted by Gasteiger charge is 2.11. The number of hydrogen-bond acceptors (Lipinski definition) is 7. The van der Waals surface area contributed by atoms with Crippen LogP contribution in [-0.4, -0.2) is 60.6 Å². The van der Waals surface area contributed by atoms with Crippen molar-refractivity contribution >= 4 is 15.8 Å². The van der Waals surface area contributed by atoms with Gasteiger partial charge in [0.1, 0.15) is 15.5 Å². The molecule has 0 aliphatic heterocycles. The molecule has 27 heavy (non-hydrogen) atoms. The lowest BCUT2D eigenvalue weighted by Crippen LogP contribution is -2.43. The number of sulfone groups is 1. The molecule has 0 fully saturated rings. The van der Waals surface area contributed by atoms with Crippen LogP contribution in [0.5, 0.6) is 0 Å². The van der Waals surface area contributed by atoms with Crippen molar-refractivity contribution in [1.29, 1.82) is 0 Å². The van der Waals surface area contributed by atoms with Gasteiger partial charge in [0.05, 0.1) is 5.75 Å². The zero-order valence-corrected chi connectivity index (χ0v) is 16.7.